The number of amides is 1. The zero-order valence-electron chi connectivity index (χ0n) is 9.33. The topological polar surface area (TPSA) is 75.0 Å². The summed E-state index contributed by atoms with van der Waals surface area (Å²) in [4.78, 5) is 15.4. The van der Waals surface area contributed by atoms with Crippen LogP contribution in [0.15, 0.2) is 48.5 Å². The van der Waals surface area contributed by atoms with E-state index in [0.717, 1.165) is 0 Å². The maximum Gasteiger partial charge on any atom is 0.418 e. The van der Waals surface area contributed by atoms with Crippen molar-refractivity contribution in [2.24, 2.45) is 0 Å². The minimum Gasteiger partial charge on any atom is -0.410 e. The Labute approximate surface area is 104 Å². The van der Waals surface area contributed by atoms with Crippen molar-refractivity contribution in [1.82, 2.24) is 4.98 Å². The predicted octanol–water partition coefficient (Wildman–Crippen LogP) is 2.56. The fourth-order valence-electron chi connectivity index (χ4n) is 1.29. The average Bonchev–Trinajstić information content (AvgIpc) is 2.40. The molecule has 5 heteroatoms. The van der Waals surface area contributed by atoms with Gasteiger partial charge in [0.05, 0.1) is 0 Å². The quantitative estimate of drug-likeness (QED) is 0.873. The highest BCUT2D eigenvalue weighted by Crippen LogP contribution is 2.10. The van der Waals surface area contributed by atoms with Crippen LogP contribution in [0.5, 0.6) is 5.75 Å². The maximum atomic E-state index is 11.5. The molecule has 1 aromatic heterocycles. The summed E-state index contributed by atoms with van der Waals surface area (Å²) in [6, 6.07) is 15.3. The third-order valence-corrected chi connectivity index (χ3v) is 2.05. The highest BCUT2D eigenvalue weighted by molar-refractivity contribution is 5.85. The molecule has 0 saturated carbocycles. The van der Waals surface area contributed by atoms with Gasteiger partial charge in [-0.15, -0.1) is 0 Å². The Morgan fingerprint density at radius 1 is 1.17 bits per heavy atom. The molecule has 0 bridgehead atoms. The number of anilines is 1. The van der Waals surface area contributed by atoms with E-state index in [-0.39, 0.29) is 11.5 Å². The molecule has 0 unspecified atom stereocenters. The molecule has 2 rings (SSSR count). The van der Waals surface area contributed by atoms with Gasteiger partial charge in [0.25, 0.3) is 0 Å². The first-order chi connectivity index (χ1) is 8.78. The largest absolute Gasteiger partial charge is 0.418 e. The van der Waals surface area contributed by atoms with Crippen molar-refractivity contribution in [1.29, 1.82) is 5.26 Å². The van der Waals surface area contributed by atoms with E-state index < -0.39 is 6.09 Å². The number of rotatable bonds is 2. The summed E-state index contributed by atoms with van der Waals surface area (Å²) >= 11 is 0. The molecule has 0 aliphatic rings. The Balaban J connectivity index is 2.01. The summed E-state index contributed by atoms with van der Waals surface area (Å²) in [5, 5.41) is 11.1. The summed E-state index contributed by atoms with van der Waals surface area (Å²) in [5.74, 6) is 0.710. The number of nitriles is 1. The number of carbonyl (C=O) groups is 1. The average molecular weight is 239 g/mol. The van der Waals surface area contributed by atoms with Crippen molar-refractivity contribution in [2.75, 3.05) is 5.32 Å². The molecule has 5 nitrogen and oxygen atoms in total. The molecule has 1 aromatic carbocycles. The third kappa shape index (κ3) is 3.06. The van der Waals surface area contributed by atoms with Crippen LogP contribution in [0.4, 0.5) is 10.6 Å². The van der Waals surface area contributed by atoms with Crippen LogP contribution in [0.1, 0.15) is 5.69 Å². The standard InChI is InChI=1S/C13H9N3O2/c14-9-10-5-4-8-12(15-10)16-13(17)18-11-6-2-1-3-7-11/h1-8H,(H,15,16,17). The van der Waals surface area contributed by atoms with E-state index in [0.29, 0.717) is 5.75 Å². The number of benzene rings is 1. The number of pyridine rings is 1. The van der Waals surface area contributed by atoms with E-state index in [9.17, 15) is 4.79 Å². The van der Waals surface area contributed by atoms with Gasteiger partial charge in [-0.1, -0.05) is 24.3 Å². The zero-order valence-corrected chi connectivity index (χ0v) is 9.33. The van der Waals surface area contributed by atoms with Gasteiger partial charge in [-0.25, -0.2) is 9.78 Å². The maximum absolute atomic E-state index is 11.5. The summed E-state index contributed by atoms with van der Waals surface area (Å²) in [7, 11) is 0. The van der Waals surface area contributed by atoms with E-state index in [4.69, 9.17) is 10.00 Å². The number of carbonyl (C=O) groups excluding carboxylic acids is 1. The van der Waals surface area contributed by atoms with Gasteiger partial charge in [0.2, 0.25) is 0 Å². The Kier molecular flexibility index (Phi) is 3.52. The van der Waals surface area contributed by atoms with Crippen LogP contribution in [0.2, 0.25) is 0 Å². The first-order valence-electron chi connectivity index (χ1n) is 5.19. The van der Waals surface area contributed by atoms with Crippen LogP contribution in [-0.4, -0.2) is 11.1 Å². The molecule has 1 heterocycles. The van der Waals surface area contributed by atoms with Crippen molar-refractivity contribution in [3.8, 4) is 11.8 Å². The first-order valence-corrected chi connectivity index (χ1v) is 5.19. The Hall–Kier alpha value is -2.87. The smallest absolute Gasteiger partial charge is 0.410 e. The number of ether oxygens (including phenoxy) is 1. The molecular weight excluding hydrogens is 230 g/mol. The molecule has 88 valence electrons. The molecule has 0 aliphatic heterocycles. The van der Waals surface area contributed by atoms with Crippen molar-refractivity contribution in [2.45, 2.75) is 0 Å². The number of nitrogens with one attached hydrogen (secondary N) is 1. The molecule has 0 spiro atoms. The zero-order chi connectivity index (χ0) is 12.8. The van der Waals surface area contributed by atoms with Crippen LogP contribution in [0.3, 0.4) is 0 Å². The minimum atomic E-state index is -0.649. The van der Waals surface area contributed by atoms with Crippen LogP contribution in [0, 0.1) is 11.3 Å². The minimum absolute atomic E-state index is 0.229. The number of aromatic nitrogens is 1. The Morgan fingerprint density at radius 2 is 1.94 bits per heavy atom. The lowest BCUT2D eigenvalue weighted by Crippen LogP contribution is -2.17. The molecule has 0 fully saturated rings. The highest BCUT2D eigenvalue weighted by Gasteiger charge is 2.05. The number of nitrogens with zero attached hydrogens (tertiary/aromatic N) is 2. The molecule has 2 aromatic rings. The van der Waals surface area contributed by atoms with Gasteiger partial charge in [-0.05, 0) is 24.3 Å². The van der Waals surface area contributed by atoms with Crippen molar-refractivity contribution in [3.05, 3.63) is 54.2 Å². The third-order valence-electron chi connectivity index (χ3n) is 2.05. The lowest BCUT2D eigenvalue weighted by Gasteiger charge is -2.05. The second-order valence-corrected chi connectivity index (χ2v) is 3.35. The van der Waals surface area contributed by atoms with E-state index in [1.807, 2.05) is 12.1 Å². The van der Waals surface area contributed by atoms with E-state index in [1.54, 1.807) is 42.5 Å². The van der Waals surface area contributed by atoms with Gasteiger partial charge in [0.1, 0.15) is 23.3 Å². The second kappa shape index (κ2) is 5.46. The predicted molar refractivity (Wildman–Crippen MR) is 65.0 cm³/mol. The van der Waals surface area contributed by atoms with Crippen molar-refractivity contribution in [3.63, 3.8) is 0 Å². The molecule has 1 amide bonds. The number of para-hydroxylation sites is 1. The molecule has 1 N–H and O–H groups in total. The lowest BCUT2D eigenvalue weighted by atomic mass is 10.3. The van der Waals surface area contributed by atoms with Gasteiger partial charge in [-0.3, -0.25) is 5.32 Å². The first kappa shape index (κ1) is 11.6. The number of hydrogen-bond acceptors (Lipinski definition) is 4. The molecule has 0 aliphatic carbocycles. The Bertz CT molecular complexity index is 591. The van der Waals surface area contributed by atoms with Crippen LogP contribution < -0.4 is 10.1 Å². The summed E-state index contributed by atoms with van der Waals surface area (Å²) < 4.78 is 5.02. The van der Waals surface area contributed by atoms with Crippen LogP contribution in [0.25, 0.3) is 0 Å². The fraction of sp³-hybridized carbons (Fsp3) is 0. The van der Waals surface area contributed by atoms with Gasteiger partial charge in [0, 0.05) is 0 Å². The number of hydrogen-bond donors (Lipinski definition) is 1. The normalized spacial score (nSPS) is 9.28. The lowest BCUT2D eigenvalue weighted by molar-refractivity contribution is 0.215. The molecular formula is C13H9N3O2. The Morgan fingerprint density at radius 3 is 2.67 bits per heavy atom. The van der Waals surface area contributed by atoms with Gasteiger partial charge < -0.3 is 4.74 Å². The summed E-state index contributed by atoms with van der Waals surface area (Å²) in [6.07, 6.45) is -0.649. The van der Waals surface area contributed by atoms with Crippen molar-refractivity contribution < 1.29 is 9.53 Å². The summed E-state index contributed by atoms with van der Waals surface area (Å²) in [5.41, 5.74) is 0.229. The fourth-order valence-corrected chi connectivity index (χ4v) is 1.29. The van der Waals surface area contributed by atoms with Gasteiger partial charge >= 0.3 is 6.09 Å². The SMILES string of the molecule is N#Cc1cccc(NC(=O)Oc2ccccc2)n1. The molecule has 0 radical (unpaired) electrons. The molecule has 18 heavy (non-hydrogen) atoms. The summed E-state index contributed by atoms with van der Waals surface area (Å²) in [6.45, 7) is 0. The van der Waals surface area contributed by atoms with Gasteiger partial charge in [0.15, 0.2) is 0 Å². The van der Waals surface area contributed by atoms with E-state index >= 15 is 0 Å². The van der Waals surface area contributed by atoms with E-state index in [1.165, 1.54) is 0 Å². The van der Waals surface area contributed by atoms with Gasteiger partial charge in [-0.2, -0.15) is 5.26 Å². The van der Waals surface area contributed by atoms with Crippen LogP contribution >= 0.6 is 0 Å². The molecule has 0 atom stereocenters. The highest BCUT2D eigenvalue weighted by atomic mass is 16.6. The monoisotopic (exact) mass is 239 g/mol. The van der Waals surface area contributed by atoms with Crippen LogP contribution in [-0.2, 0) is 0 Å². The van der Waals surface area contributed by atoms with Crippen molar-refractivity contribution >= 4 is 11.9 Å². The molecule has 0 saturated heterocycles. The van der Waals surface area contributed by atoms with E-state index in [2.05, 4.69) is 10.3 Å². The second-order valence-electron chi connectivity index (χ2n) is 3.35.